The van der Waals surface area contributed by atoms with E-state index in [4.69, 9.17) is 0 Å². The van der Waals surface area contributed by atoms with Crippen LogP contribution in [0.1, 0.15) is 44.1 Å². The molecular weight excluding hydrogens is 274 g/mol. The summed E-state index contributed by atoms with van der Waals surface area (Å²) in [4.78, 5) is 8.69. The first kappa shape index (κ1) is 15.2. The number of rotatable bonds is 5. The van der Waals surface area contributed by atoms with Crippen LogP contribution in [-0.4, -0.2) is 27.7 Å². The molecule has 0 aliphatic heterocycles. The van der Waals surface area contributed by atoms with E-state index in [1.807, 2.05) is 6.07 Å². The molecule has 3 rings (SSSR count). The summed E-state index contributed by atoms with van der Waals surface area (Å²) in [6.45, 7) is 2.98. The fraction of sp³-hybridized carbons (Fsp3) is 0.556. The number of nitrogens with one attached hydrogen (secondary N) is 1. The van der Waals surface area contributed by atoms with Gasteiger partial charge in [0.1, 0.15) is 12.1 Å². The zero-order valence-electron chi connectivity index (χ0n) is 13.3. The molecule has 1 saturated carbocycles. The monoisotopic (exact) mass is 299 g/mol. The van der Waals surface area contributed by atoms with Crippen molar-refractivity contribution in [2.45, 2.75) is 51.6 Å². The van der Waals surface area contributed by atoms with Gasteiger partial charge in [0.15, 0.2) is 0 Å². The number of aliphatic hydroxyl groups excluding tert-OH is 1. The quantitative estimate of drug-likeness (QED) is 0.827. The summed E-state index contributed by atoms with van der Waals surface area (Å²) in [5.74, 6) is 1.40. The highest BCUT2D eigenvalue weighted by Gasteiger charge is 2.22. The van der Waals surface area contributed by atoms with Gasteiger partial charge in [-0.2, -0.15) is 0 Å². The molecule has 2 N–H and O–H groups in total. The molecule has 1 heterocycles. The topological polar surface area (TPSA) is 58.0 Å². The second-order valence-corrected chi connectivity index (χ2v) is 6.42. The number of nitrogens with zero attached hydrogens (tertiary/aromatic N) is 2. The Morgan fingerprint density at radius 1 is 1.23 bits per heavy atom. The average Bonchev–Trinajstić information content (AvgIpc) is 2.53. The van der Waals surface area contributed by atoms with E-state index in [0.717, 1.165) is 42.5 Å². The Kier molecular flexibility index (Phi) is 4.88. The third-order valence-corrected chi connectivity index (χ3v) is 4.70. The lowest BCUT2D eigenvalue weighted by Crippen LogP contribution is -2.24. The number of benzene rings is 1. The van der Waals surface area contributed by atoms with Crippen LogP contribution in [0.2, 0.25) is 0 Å². The van der Waals surface area contributed by atoms with Crippen LogP contribution in [0.4, 0.5) is 5.82 Å². The van der Waals surface area contributed by atoms with Gasteiger partial charge in [-0.3, -0.25) is 0 Å². The Hall–Kier alpha value is -1.68. The zero-order valence-corrected chi connectivity index (χ0v) is 13.3. The standard InChI is InChI=1S/C18H25N3O/c1-13-8-9-16-15(11-13)18(21-12-20-16)19-10-4-6-14-5-2-3-7-17(14)22/h8-9,11-12,14,17,22H,2-7,10H2,1H3,(H,19,20,21). The predicted octanol–water partition coefficient (Wildman–Crippen LogP) is 3.68. The molecule has 1 aliphatic carbocycles. The van der Waals surface area contributed by atoms with Gasteiger partial charge in [-0.1, -0.05) is 24.5 Å². The molecule has 1 fully saturated rings. The first-order chi connectivity index (χ1) is 10.7. The van der Waals surface area contributed by atoms with E-state index in [9.17, 15) is 5.11 Å². The van der Waals surface area contributed by atoms with Gasteiger partial charge in [0.2, 0.25) is 0 Å². The summed E-state index contributed by atoms with van der Waals surface area (Å²) in [5, 5.41) is 14.5. The fourth-order valence-electron chi connectivity index (χ4n) is 3.41. The molecule has 0 spiro atoms. The van der Waals surface area contributed by atoms with Gasteiger partial charge in [-0.25, -0.2) is 9.97 Å². The molecule has 2 atom stereocenters. The average molecular weight is 299 g/mol. The summed E-state index contributed by atoms with van der Waals surface area (Å²) in [5.41, 5.74) is 2.20. The highest BCUT2D eigenvalue weighted by molar-refractivity contribution is 5.89. The van der Waals surface area contributed by atoms with E-state index in [2.05, 4.69) is 34.3 Å². The van der Waals surface area contributed by atoms with Crippen molar-refractivity contribution in [3.05, 3.63) is 30.1 Å². The van der Waals surface area contributed by atoms with E-state index in [0.29, 0.717) is 5.92 Å². The minimum absolute atomic E-state index is 0.0868. The SMILES string of the molecule is Cc1ccc2ncnc(NCCCC3CCCCC3O)c2c1. The minimum Gasteiger partial charge on any atom is -0.393 e. The molecule has 1 aliphatic rings. The van der Waals surface area contributed by atoms with Crippen molar-refractivity contribution >= 4 is 16.7 Å². The number of aliphatic hydroxyl groups is 1. The largest absolute Gasteiger partial charge is 0.393 e. The Bertz CT molecular complexity index is 629. The molecule has 2 aromatic rings. The Labute approximate surface area is 132 Å². The molecule has 22 heavy (non-hydrogen) atoms. The van der Waals surface area contributed by atoms with Gasteiger partial charge in [0.05, 0.1) is 11.6 Å². The molecule has 0 bridgehead atoms. The van der Waals surface area contributed by atoms with E-state index < -0.39 is 0 Å². The van der Waals surface area contributed by atoms with Crippen LogP contribution in [0.25, 0.3) is 10.9 Å². The van der Waals surface area contributed by atoms with Crippen LogP contribution >= 0.6 is 0 Å². The van der Waals surface area contributed by atoms with Crippen LogP contribution in [-0.2, 0) is 0 Å². The molecule has 4 nitrogen and oxygen atoms in total. The Balaban J connectivity index is 1.56. The summed E-state index contributed by atoms with van der Waals surface area (Å²) >= 11 is 0. The Morgan fingerprint density at radius 3 is 2.95 bits per heavy atom. The minimum atomic E-state index is -0.0868. The molecule has 0 saturated heterocycles. The number of hydrogen-bond acceptors (Lipinski definition) is 4. The van der Waals surface area contributed by atoms with E-state index in [1.165, 1.54) is 24.8 Å². The molecule has 118 valence electrons. The molecular formula is C18H25N3O. The van der Waals surface area contributed by atoms with Crippen LogP contribution in [0.5, 0.6) is 0 Å². The van der Waals surface area contributed by atoms with Gasteiger partial charge in [-0.05, 0) is 50.7 Å². The smallest absolute Gasteiger partial charge is 0.137 e. The van der Waals surface area contributed by atoms with Crippen LogP contribution in [0.3, 0.4) is 0 Å². The lowest BCUT2D eigenvalue weighted by molar-refractivity contribution is 0.0648. The van der Waals surface area contributed by atoms with Crippen LogP contribution in [0.15, 0.2) is 24.5 Å². The zero-order chi connectivity index (χ0) is 15.4. The highest BCUT2D eigenvalue weighted by Crippen LogP contribution is 2.28. The van der Waals surface area contributed by atoms with Gasteiger partial charge in [0, 0.05) is 11.9 Å². The van der Waals surface area contributed by atoms with Crippen molar-refractivity contribution in [3.8, 4) is 0 Å². The third kappa shape index (κ3) is 3.55. The van der Waals surface area contributed by atoms with Crippen molar-refractivity contribution in [1.29, 1.82) is 0 Å². The molecule has 0 radical (unpaired) electrons. The number of aromatic nitrogens is 2. The second-order valence-electron chi connectivity index (χ2n) is 6.42. The normalized spacial score (nSPS) is 21.9. The molecule has 0 amide bonds. The third-order valence-electron chi connectivity index (χ3n) is 4.70. The fourth-order valence-corrected chi connectivity index (χ4v) is 3.41. The van der Waals surface area contributed by atoms with Crippen molar-refractivity contribution in [3.63, 3.8) is 0 Å². The maximum atomic E-state index is 10.0. The summed E-state index contributed by atoms with van der Waals surface area (Å²) in [6, 6.07) is 6.24. The van der Waals surface area contributed by atoms with Crippen LogP contribution < -0.4 is 5.32 Å². The first-order valence-corrected chi connectivity index (χ1v) is 8.37. The van der Waals surface area contributed by atoms with E-state index in [-0.39, 0.29) is 6.10 Å². The lowest BCUT2D eigenvalue weighted by Gasteiger charge is -2.27. The number of hydrogen-bond donors (Lipinski definition) is 2. The van der Waals surface area contributed by atoms with E-state index >= 15 is 0 Å². The van der Waals surface area contributed by atoms with Crippen molar-refractivity contribution in [2.24, 2.45) is 5.92 Å². The Morgan fingerprint density at radius 2 is 2.09 bits per heavy atom. The van der Waals surface area contributed by atoms with Gasteiger partial charge in [-0.15, -0.1) is 0 Å². The predicted molar refractivity (Wildman–Crippen MR) is 90.0 cm³/mol. The maximum absolute atomic E-state index is 10.0. The molecule has 2 unspecified atom stereocenters. The van der Waals surface area contributed by atoms with E-state index in [1.54, 1.807) is 6.33 Å². The summed E-state index contributed by atoms with van der Waals surface area (Å²) < 4.78 is 0. The number of fused-ring (bicyclic) bond motifs is 1. The second kappa shape index (κ2) is 7.05. The van der Waals surface area contributed by atoms with Crippen LogP contribution in [0, 0.1) is 12.8 Å². The van der Waals surface area contributed by atoms with Crippen molar-refractivity contribution in [1.82, 2.24) is 9.97 Å². The van der Waals surface area contributed by atoms with Crippen molar-refractivity contribution < 1.29 is 5.11 Å². The molecule has 1 aromatic heterocycles. The van der Waals surface area contributed by atoms with Gasteiger partial charge < -0.3 is 10.4 Å². The van der Waals surface area contributed by atoms with Gasteiger partial charge >= 0.3 is 0 Å². The molecule has 1 aromatic carbocycles. The summed E-state index contributed by atoms with van der Waals surface area (Å²) in [7, 11) is 0. The van der Waals surface area contributed by atoms with Gasteiger partial charge in [0.25, 0.3) is 0 Å². The number of aryl methyl sites for hydroxylation is 1. The maximum Gasteiger partial charge on any atom is 0.137 e. The first-order valence-electron chi connectivity index (χ1n) is 8.37. The summed E-state index contributed by atoms with van der Waals surface area (Å²) in [6.07, 6.45) is 8.30. The highest BCUT2D eigenvalue weighted by atomic mass is 16.3. The van der Waals surface area contributed by atoms with Crippen molar-refractivity contribution in [2.75, 3.05) is 11.9 Å². The number of anilines is 1. The lowest BCUT2D eigenvalue weighted by atomic mass is 9.83. The molecule has 4 heteroatoms.